The third kappa shape index (κ3) is 78.2. The van der Waals surface area contributed by atoms with Crippen molar-refractivity contribution in [2.45, 2.75) is 0 Å². The van der Waals surface area contributed by atoms with Crippen LogP contribution < -0.4 is 5.84 Å². The topological polar surface area (TPSA) is 1250 Å². The fourth-order valence-corrected chi connectivity index (χ4v) is 1.71. The molecule has 0 atom stereocenters. The molecule has 0 bridgehead atoms. The van der Waals surface area contributed by atoms with Gasteiger partial charge in [-0.05, 0) is 78.3 Å². The first-order chi connectivity index (χ1) is 49.4. The standard InChI is InChI=1S/H3N99/c1-3-5-7-9-11-13-15-17-19-21-23-25-27-29-31-33-35-37-39-41-43-45-47-49-51-53-55-57-59-61-63-65-67-69-71-73-75-77-79-81-83-85-87-89-91-93-95-97-99-98-96-94-92-90-88-86-84-82-80-78-76-74-72-70-68-66-64-62-60-58-56-54-52-50-48-46-44-42-40-38-36-34-32-30-28-26-24-22-20-18-16-14-12-10-8-6-4-2/h(H3,1,2,5,6,9,10,13,14,17,18,21,22,25,26,29,30,33,34,37,38,41,42,45,46,49,50,53,54,57,58,61,62,65,66,69,70,73,74,77,78,81,82,85,86,89,90,93,94,97,98). The third-order valence-electron chi connectivity index (χ3n) is 3.86. The van der Waals surface area contributed by atoms with Crippen LogP contribution in [-0.2, 0) is 0 Å². The molecule has 0 aliphatic heterocycles. The minimum atomic E-state index is 2.50. The van der Waals surface area contributed by atoms with E-state index in [2.05, 4.69) is 512 Å². The van der Waals surface area contributed by atoms with Crippen LogP contribution in [0.3, 0.4) is 0 Å². The zero-order chi connectivity index (χ0) is 70.6. The molecule has 0 aromatic carbocycles. The minimum Gasteiger partial charge on any atom is -0.303 e. The average Bonchev–Trinajstić information content (AvgIpc) is 3.64. The summed E-state index contributed by atoms with van der Waals surface area (Å²) in [6.07, 6.45) is 0. The summed E-state index contributed by atoms with van der Waals surface area (Å²) in [4.78, 5) is 0. The van der Waals surface area contributed by atoms with Crippen molar-refractivity contribution in [3.05, 3.63) is 0 Å². The summed E-state index contributed by atoms with van der Waals surface area (Å²) in [5, 5.41) is 289. The zero-order valence-corrected chi connectivity index (χ0v) is 44.5. The number of nitrogens with two attached hydrogens (primary N) is 1. The van der Waals surface area contributed by atoms with Gasteiger partial charge in [0.2, 0.25) is 0 Å². The van der Waals surface area contributed by atoms with Gasteiger partial charge in [0.25, 0.3) is 0 Å². The van der Waals surface area contributed by atoms with Crippen molar-refractivity contribution in [3.63, 3.8) is 0 Å². The van der Waals surface area contributed by atoms with Crippen LogP contribution >= 0.6 is 0 Å². The van der Waals surface area contributed by atoms with E-state index in [1.165, 1.54) is 0 Å². The zero-order valence-electron chi connectivity index (χ0n) is 44.5. The third-order valence-corrected chi connectivity index (χ3v) is 3.86. The Kier molecular flexibility index (Phi) is 62.6. The van der Waals surface area contributed by atoms with Crippen molar-refractivity contribution in [2.75, 3.05) is 0 Å². The molecule has 99 heteroatoms. The molecule has 0 spiro atoms. The molecule has 0 radical (unpaired) electrons. The first-order valence-corrected chi connectivity index (χ1v) is 19.7. The Bertz CT molecular complexity index is 3660. The molecule has 0 aliphatic rings. The van der Waals surface area contributed by atoms with Gasteiger partial charge in [-0.1, -0.05) is 5.22 Å². The highest BCUT2D eigenvalue weighted by molar-refractivity contribution is 4.23. The van der Waals surface area contributed by atoms with Crippen molar-refractivity contribution in [2.24, 2.45) is 512 Å². The van der Waals surface area contributed by atoms with Gasteiger partial charge in [-0.25, -0.2) is 0 Å². The Morgan fingerprint density at radius 1 is 0.0808 bits per heavy atom. The summed E-state index contributed by atoms with van der Waals surface area (Å²) >= 11 is 0. The summed E-state index contributed by atoms with van der Waals surface area (Å²) in [6.45, 7) is 0. The van der Waals surface area contributed by atoms with Crippen LogP contribution in [0.25, 0.3) is 0 Å². The number of nitrogens with one attached hydrogen (secondary N) is 1. The fraction of sp³-hybridized carbons (Fsp3) is 0. The van der Waals surface area contributed by atoms with Gasteiger partial charge >= 0.3 is 0 Å². The van der Waals surface area contributed by atoms with Crippen LogP contribution in [0.1, 0.15) is 0 Å². The molecule has 0 fully saturated rings. The van der Waals surface area contributed by atoms with Crippen LogP contribution in [0, 0.1) is 5.53 Å². The maximum absolute atomic E-state index is 6.27. The molecule has 0 unspecified atom stereocenters. The second kappa shape index (κ2) is 78.2. The summed E-state index contributed by atoms with van der Waals surface area (Å²) < 4.78 is 0. The van der Waals surface area contributed by atoms with Crippen LogP contribution in [0.2, 0.25) is 0 Å². The Morgan fingerprint density at radius 2 is 0.131 bits per heavy atom. The molecular formula is H3N99. The van der Waals surface area contributed by atoms with E-state index in [1.807, 2.05) is 0 Å². The maximum Gasteiger partial charge on any atom is 0 e. The molecule has 0 aliphatic carbocycles. The van der Waals surface area contributed by atoms with Gasteiger partial charge in [-0.2, -0.15) is 5.53 Å². The lowest BCUT2D eigenvalue weighted by molar-refractivity contribution is 0.723. The summed E-state index contributed by atoms with van der Waals surface area (Å²) in [7, 11) is 0. The molecule has 0 aromatic rings. The molecule has 498 valence electrons. The van der Waals surface area contributed by atoms with Gasteiger partial charge in [0, 0.05) is 423 Å². The second-order valence-electron chi connectivity index (χ2n) is 8.71. The van der Waals surface area contributed by atoms with Crippen molar-refractivity contribution in [3.8, 4) is 0 Å². The van der Waals surface area contributed by atoms with Crippen LogP contribution in [-0.4, -0.2) is 0 Å². The van der Waals surface area contributed by atoms with Crippen molar-refractivity contribution >= 4 is 0 Å². The molecule has 0 saturated heterocycles. The van der Waals surface area contributed by atoms with Gasteiger partial charge in [0.1, 0.15) is 0 Å². The Morgan fingerprint density at radius 3 is 0.182 bits per heavy atom. The predicted octanol–water partition coefficient (Wildman–Crippen LogP) is 17.5. The summed E-state index contributed by atoms with van der Waals surface area (Å²) in [5.41, 5.74) is 6.27. The van der Waals surface area contributed by atoms with E-state index in [9.17, 15) is 0 Å². The smallest absolute Gasteiger partial charge is 0 e. The summed E-state index contributed by atoms with van der Waals surface area (Å²) in [5.74, 6) is 4.63. The molecule has 3 N–H and O–H groups in total. The SMILES string of the molecule is N=N/N=N/N=N/N=N/N=N/N=N/N=N/N=N/N=N/N=N/N=N/N=N/N=N/N=N/N=N/N=N/N=N/N=N/N=N/N=N/N=N/N=N/N=N/N=N/N=N/N=N/N=N/N=N/N=N/N=N/N=N/N=N/N=N/N=N/N=N/N=N/N=N/N=N/N=N/N=N/N=N/N=N/N=N/N=N/N=N/N=N/N=N/N=N/N=N/N. The van der Waals surface area contributed by atoms with Gasteiger partial charge in [-0.15, -0.1) is 0 Å². The van der Waals surface area contributed by atoms with Gasteiger partial charge in [0.15, 0.2) is 0 Å². The predicted molar refractivity (Wildman–Crippen MR) is 242 cm³/mol. The molecule has 0 heterocycles. The summed E-state index contributed by atoms with van der Waals surface area (Å²) in [6, 6.07) is 0. The Balaban J connectivity index is 4.12. The lowest BCUT2D eigenvalue weighted by atomic mass is 12.3. The quantitative estimate of drug-likeness (QED) is 0.0335. The molecule has 0 aromatic heterocycles. The van der Waals surface area contributed by atoms with E-state index in [-0.39, 0.29) is 0 Å². The van der Waals surface area contributed by atoms with E-state index < -0.39 is 0 Å². The van der Waals surface area contributed by atoms with Crippen LogP contribution in [0.15, 0.2) is 507 Å². The average molecular weight is 1390 g/mol. The Labute approximate surface area is 518 Å². The minimum absolute atomic E-state index is 2.50. The van der Waals surface area contributed by atoms with E-state index in [1.54, 1.807) is 0 Å². The molecule has 0 saturated carbocycles. The van der Waals surface area contributed by atoms with E-state index in [0.717, 1.165) is 0 Å². The molecule has 99 nitrogen and oxygen atoms in total. The Hall–Kier alpha value is -19.8. The largest absolute Gasteiger partial charge is 0.303 e. The first kappa shape index (κ1) is 79.2. The van der Waals surface area contributed by atoms with Crippen molar-refractivity contribution in [1.29, 1.82) is 5.53 Å². The van der Waals surface area contributed by atoms with Gasteiger partial charge < -0.3 is 5.84 Å². The number of rotatable bonds is 48. The monoisotopic (exact) mass is 1390 g/mol. The van der Waals surface area contributed by atoms with Crippen molar-refractivity contribution in [1.82, 2.24) is 0 Å². The van der Waals surface area contributed by atoms with Crippen LogP contribution in [0.5, 0.6) is 0 Å². The number of hydrogen-bond donors (Lipinski definition) is 2. The number of hydrogen-bond acceptors (Lipinski definition) is 2. The van der Waals surface area contributed by atoms with E-state index in [0.29, 0.717) is 0 Å². The fourth-order valence-electron chi connectivity index (χ4n) is 1.71. The molecule has 0 rings (SSSR count). The van der Waals surface area contributed by atoms with E-state index >= 15 is 0 Å². The first-order valence-electron chi connectivity index (χ1n) is 19.7. The molecular weight excluding hydrogens is 1390 g/mol. The highest BCUT2D eigenvalue weighted by Gasteiger charge is 1.80. The molecule has 0 amide bonds. The maximum atomic E-state index is 6.27. The van der Waals surface area contributed by atoms with Crippen LogP contribution in [0.4, 0.5) is 0 Å². The van der Waals surface area contributed by atoms with E-state index in [4.69, 9.17) is 5.53 Å². The lowest BCUT2D eigenvalue weighted by Crippen LogP contribution is -1.70. The second-order valence-corrected chi connectivity index (χ2v) is 8.71. The number of nitrogens with zero attached hydrogens (tertiary/aromatic N) is 97. The molecule has 99 heavy (non-hydrogen) atoms. The highest BCUT2D eigenvalue weighted by atomic mass is 15.8. The normalized spacial score (nSPS) is 15.6. The van der Waals surface area contributed by atoms with Gasteiger partial charge in [0.05, 0.1) is 0 Å². The van der Waals surface area contributed by atoms with Crippen molar-refractivity contribution < 1.29 is 0 Å². The highest BCUT2D eigenvalue weighted by Crippen LogP contribution is 1.98. The van der Waals surface area contributed by atoms with Gasteiger partial charge in [-0.3, -0.25) is 0 Å². The lowest BCUT2D eigenvalue weighted by Gasteiger charge is -1.71.